The first-order valence-electron chi connectivity index (χ1n) is 9.42. The van der Waals surface area contributed by atoms with Gasteiger partial charge in [0.2, 0.25) is 0 Å². The van der Waals surface area contributed by atoms with Crippen LogP contribution in [0.3, 0.4) is 0 Å². The van der Waals surface area contributed by atoms with Crippen molar-refractivity contribution in [1.82, 2.24) is 10.2 Å². The number of amides is 3. The average molecular weight is 361 g/mol. The molecule has 3 fully saturated rings. The number of halogens is 1. The monoisotopic (exact) mass is 361 g/mol. The lowest BCUT2D eigenvalue weighted by atomic mass is 9.96. The minimum absolute atomic E-state index is 0.128. The number of hydrogen-bond acceptors (Lipinski definition) is 4. The third-order valence-corrected chi connectivity index (χ3v) is 5.65. The smallest absolute Gasteiger partial charge is 0.325 e. The van der Waals surface area contributed by atoms with Gasteiger partial charge in [-0.1, -0.05) is 12.8 Å². The molecule has 1 aromatic carbocycles. The molecule has 2 saturated carbocycles. The van der Waals surface area contributed by atoms with Crippen molar-refractivity contribution in [2.24, 2.45) is 0 Å². The van der Waals surface area contributed by atoms with E-state index in [2.05, 4.69) is 10.6 Å². The van der Waals surface area contributed by atoms with E-state index in [9.17, 15) is 14.0 Å². The Bertz CT molecular complexity index is 714. The highest BCUT2D eigenvalue weighted by atomic mass is 19.1. The highest BCUT2D eigenvalue weighted by Gasteiger charge is 2.52. The largest absolute Gasteiger partial charge is 0.487 e. The molecule has 2 N–H and O–H groups in total. The molecule has 2 aliphatic carbocycles. The van der Waals surface area contributed by atoms with E-state index >= 15 is 0 Å². The van der Waals surface area contributed by atoms with Crippen molar-refractivity contribution in [2.75, 3.05) is 18.4 Å². The van der Waals surface area contributed by atoms with Crippen LogP contribution in [-0.4, -0.2) is 41.6 Å². The van der Waals surface area contributed by atoms with Crippen LogP contribution in [0.15, 0.2) is 18.2 Å². The van der Waals surface area contributed by atoms with Gasteiger partial charge in [-0.15, -0.1) is 0 Å². The van der Waals surface area contributed by atoms with Crippen LogP contribution < -0.4 is 15.4 Å². The minimum Gasteiger partial charge on any atom is -0.487 e. The molecule has 0 bridgehead atoms. The lowest BCUT2D eigenvalue weighted by Gasteiger charge is -2.26. The molecule has 0 radical (unpaired) electrons. The molecular formula is C19H24FN3O3. The normalized spacial score (nSPS) is 21.8. The van der Waals surface area contributed by atoms with E-state index < -0.39 is 11.4 Å². The molecule has 1 aliphatic heterocycles. The summed E-state index contributed by atoms with van der Waals surface area (Å²) in [5, 5.41) is 5.93. The number of ether oxygens (including phenoxy) is 1. The molecule has 1 aromatic rings. The molecule has 3 aliphatic rings. The van der Waals surface area contributed by atoms with Gasteiger partial charge in [0.25, 0.3) is 5.91 Å². The Morgan fingerprint density at radius 1 is 1.23 bits per heavy atom. The molecule has 26 heavy (non-hydrogen) atoms. The molecule has 0 atom stereocenters. The fraction of sp³-hybridized carbons (Fsp3) is 0.579. The van der Waals surface area contributed by atoms with Crippen LogP contribution in [0.1, 0.15) is 44.9 Å². The molecule has 1 heterocycles. The van der Waals surface area contributed by atoms with E-state index in [1.165, 1.54) is 11.0 Å². The first-order chi connectivity index (χ1) is 12.6. The molecule has 0 aromatic heterocycles. The molecule has 140 valence electrons. The number of benzene rings is 1. The average Bonchev–Trinajstić information content (AvgIpc) is 3.13. The van der Waals surface area contributed by atoms with Crippen molar-refractivity contribution in [1.29, 1.82) is 0 Å². The second-order valence-electron chi connectivity index (χ2n) is 7.42. The second kappa shape index (κ2) is 6.78. The van der Waals surface area contributed by atoms with Gasteiger partial charge in [0, 0.05) is 24.8 Å². The Balaban J connectivity index is 1.31. The topological polar surface area (TPSA) is 70.7 Å². The van der Waals surface area contributed by atoms with Crippen molar-refractivity contribution in [3.63, 3.8) is 0 Å². The SMILES string of the molecule is O=C1NC2(CCCC2)C(=O)N1CCNc1ccc(OC2CCC2)c(F)c1. The number of anilines is 1. The Kier molecular flexibility index (Phi) is 4.46. The number of carbonyl (C=O) groups excluding carboxylic acids is 2. The summed E-state index contributed by atoms with van der Waals surface area (Å²) in [6.07, 6.45) is 6.59. The minimum atomic E-state index is -0.677. The standard InChI is InChI=1S/C19H24FN3O3/c20-15-12-13(6-7-16(15)26-14-4-3-5-14)21-10-11-23-17(24)19(22-18(23)25)8-1-2-9-19/h6-7,12,14,21H,1-5,8-11H2,(H,22,25). The fourth-order valence-corrected chi connectivity index (χ4v) is 3.88. The maximum absolute atomic E-state index is 14.1. The third-order valence-electron chi connectivity index (χ3n) is 5.65. The quantitative estimate of drug-likeness (QED) is 0.764. The van der Waals surface area contributed by atoms with E-state index in [0.29, 0.717) is 12.2 Å². The van der Waals surface area contributed by atoms with Crippen LogP contribution in [0, 0.1) is 5.82 Å². The summed E-state index contributed by atoms with van der Waals surface area (Å²) in [5.74, 6) is -0.253. The highest BCUT2D eigenvalue weighted by Crippen LogP contribution is 2.35. The fourth-order valence-electron chi connectivity index (χ4n) is 3.88. The summed E-state index contributed by atoms with van der Waals surface area (Å²) >= 11 is 0. The maximum atomic E-state index is 14.1. The van der Waals surface area contributed by atoms with Crippen LogP contribution in [0.2, 0.25) is 0 Å². The van der Waals surface area contributed by atoms with E-state index in [1.54, 1.807) is 12.1 Å². The van der Waals surface area contributed by atoms with E-state index in [-0.39, 0.29) is 30.3 Å². The maximum Gasteiger partial charge on any atom is 0.325 e. The highest BCUT2D eigenvalue weighted by molar-refractivity contribution is 6.07. The van der Waals surface area contributed by atoms with Crippen molar-refractivity contribution in [3.05, 3.63) is 24.0 Å². The Morgan fingerprint density at radius 2 is 2.00 bits per heavy atom. The van der Waals surface area contributed by atoms with Gasteiger partial charge in [-0.2, -0.15) is 0 Å². The lowest BCUT2D eigenvalue weighted by molar-refractivity contribution is -0.131. The Morgan fingerprint density at radius 3 is 2.65 bits per heavy atom. The van der Waals surface area contributed by atoms with Gasteiger partial charge in [0.05, 0.1) is 6.10 Å². The summed E-state index contributed by atoms with van der Waals surface area (Å²) in [5.41, 5.74) is -0.0740. The molecule has 4 rings (SSSR count). The molecule has 0 unspecified atom stereocenters. The Hall–Kier alpha value is -2.31. The van der Waals surface area contributed by atoms with Crippen molar-refractivity contribution in [2.45, 2.75) is 56.6 Å². The molecule has 6 nitrogen and oxygen atoms in total. The third kappa shape index (κ3) is 3.10. The van der Waals surface area contributed by atoms with Crippen molar-refractivity contribution >= 4 is 17.6 Å². The number of imide groups is 1. The van der Waals surface area contributed by atoms with Crippen molar-refractivity contribution in [3.8, 4) is 5.75 Å². The number of rotatable bonds is 6. The van der Waals surface area contributed by atoms with Gasteiger partial charge in [0.1, 0.15) is 5.54 Å². The van der Waals surface area contributed by atoms with Gasteiger partial charge in [-0.3, -0.25) is 9.69 Å². The van der Waals surface area contributed by atoms with Gasteiger partial charge in [-0.25, -0.2) is 9.18 Å². The summed E-state index contributed by atoms with van der Waals surface area (Å²) in [4.78, 5) is 25.9. The lowest BCUT2D eigenvalue weighted by Crippen LogP contribution is -2.44. The number of urea groups is 1. The molecule has 3 amide bonds. The van der Waals surface area contributed by atoms with Gasteiger partial charge >= 0.3 is 6.03 Å². The Labute approximate surface area is 152 Å². The number of hydrogen-bond donors (Lipinski definition) is 2. The number of nitrogens with zero attached hydrogens (tertiary/aromatic N) is 1. The first-order valence-corrected chi connectivity index (χ1v) is 9.42. The zero-order valence-corrected chi connectivity index (χ0v) is 14.7. The van der Waals surface area contributed by atoms with Gasteiger partial charge < -0.3 is 15.4 Å². The number of nitrogens with one attached hydrogen (secondary N) is 2. The number of carbonyl (C=O) groups is 2. The predicted molar refractivity (Wildman–Crippen MR) is 94.6 cm³/mol. The predicted octanol–water partition coefficient (Wildman–Crippen LogP) is 3.03. The molecule has 1 spiro atoms. The van der Waals surface area contributed by atoms with Gasteiger partial charge in [-0.05, 0) is 44.2 Å². The molecular weight excluding hydrogens is 337 g/mol. The summed E-state index contributed by atoms with van der Waals surface area (Å²) in [6, 6.07) is 4.44. The van der Waals surface area contributed by atoms with Crippen LogP contribution in [0.4, 0.5) is 14.9 Å². The van der Waals surface area contributed by atoms with Gasteiger partial charge in [0.15, 0.2) is 11.6 Å². The summed E-state index contributed by atoms with van der Waals surface area (Å²) < 4.78 is 19.7. The van der Waals surface area contributed by atoms with Crippen LogP contribution in [0.25, 0.3) is 0 Å². The summed E-state index contributed by atoms with van der Waals surface area (Å²) in [6.45, 7) is 0.631. The van der Waals surface area contributed by atoms with E-state index in [0.717, 1.165) is 44.9 Å². The first kappa shape index (κ1) is 17.1. The van der Waals surface area contributed by atoms with Crippen LogP contribution in [0.5, 0.6) is 5.75 Å². The van der Waals surface area contributed by atoms with E-state index in [1.807, 2.05) is 0 Å². The zero-order valence-electron chi connectivity index (χ0n) is 14.7. The summed E-state index contributed by atoms with van der Waals surface area (Å²) in [7, 11) is 0. The van der Waals surface area contributed by atoms with Crippen LogP contribution >= 0.6 is 0 Å². The molecule has 7 heteroatoms. The zero-order chi connectivity index (χ0) is 18.1. The second-order valence-corrected chi connectivity index (χ2v) is 7.42. The van der Waals surface area contributed by atoms with E-state index in [4.69, 9.17) is 4.74 Å². The molecule has 1 saturated heterocycles. The van der Waals surface area contributed by atoms with Crippen LogP contribution in [-0.2, 0) is 4.79 Å². The van der Waals surface area contributed by atoms with Crippen molar-refractivity contribution < 1.29 is 18.7 Å².